The van der Waals surface area contributed by atoms with Crippen molar-refractivity contribution in [3.63, 3.8) is 0 Å². The maximum atomic E-state index is 13.4. The van der Waals surface area contributed by atoms with E-state index in [9.17, 15) is 17.6 Å². The Hall–Kier alpha value is -1.18. The van der Waals surface area contributed by atoms with E-state index in [2.05, 4.69) is 5.32 Å². The number of hydrogen-bond acceptors (Lipinski definition) is 3. The van der Waals surface area contributed by atoms with E-state index in [0.717, 1.165) is 12.1 Å². The molecule has 0 spiro atoms. The maximum absolute atomic E-state index is 13.4. The molecule has 1 unspecified atom stereocenters. The van der Waals surface area contributed by atoms with Crippen LogP contribution in [0.1, 0.15) is 11.1 Å². The van der Waals surface area contributed by atoms with Crippen LogP contribution in [0.3, 0.4) is 0 Å². The minimum absolute atomic E-state index is 0.000560. The van der Waals surface area contributed by atoms with Crippen molar-refractivity contribution in [2.75, 3.05) is 33.3 Å². The Bertz CT molecular complexity index is 477. The number of ether oxygens (including phenoxy) is 1. The zero-order valence-corrected chi connectivity index (χ0v) is 11.7. The molecule has 118 valence electrons. The van der Waals surface area contributed by atoms with Crippen molar-refractivity contribution >= 4 is 0 Å². The fourth-order valence-electron chi connectivity index (χ4n) is 2.44. The molecule has 1 fully saturated rings. The SMILES string of the molecule is CNCC1CN(Cc2cc(F)cc(C(F)(F)F)c2)CCO1. The highest BCUT2D eigenvalue weighted by Gasteiger charge is 2.31. The topological polar surface area (TPSA) is 24.5 Å². The first-order chi connectivity index (χ1) is 9.88. The average Bonchev–Trinajstić information content (AvgIpc) is 2.38. The minimum atomic E-state index is -4.53. The average molecular weight is 306 g/mol. The Labute approximate surface area is 120 Å². The second kappa shape index (κ2) is 6.72. The largest absolute Gasteiger partial charge is 0.416 e. The van der Waals surface area contributed by atoms with Gasteiger partial charge < -0.3 is 10.1 Å². The number of alkyl halides is 3. The number of benzene rings is 1. The number of halogens is 4. The fraction of sp³-hybridized carbons (Fsp3) is 0.571. The van der Waals surface area contributed by atoms with Crippen molar-refractivity contribution < 1.29 is 22.3 Å². The van der Waals surface area contributed by atoms with E-state index in [0.29, 0.717) is 37.9 Å². The smallest absolute Gasteiger partial charge is 0.374 e. The van der Waals surface area contributed by atoms with Crippen LogP contribution < -0.4 is 5.32 Å². The van der Waals surface area contributed by atoms with Gasteiger partial charge in [-0.15, -0.1) is 0 Å². The van der Waals surface area contributed by atoms with E-state index >= 15 is 0 Å². The number of likely N-dealkylation sites (N-methyl/N-ethyl adjacent to an activating group) is 1. The van der Waals surface area contributed by atoms with Crippen LogP contribution in [0.2, 0.25) is 0 Å². The fourth-order valence-corrected chi connectivity index (χ4v) is 2.44. The molecular weight excluding hydrogens is 288 g/mol. The van der Waals surface area contributed by atoms with Crippen LogP contribution in [0.5, 0.6) is 0 Å². The van der Waals surface area contributed by atoms with Crippen molar-refractivity contribution in [1.29, 1.82) is 0 Å². The van der Waals surface area contributed by atoms with Crippen LogP contribution in [0.4, 0.5) is 17.6 Å². The van der Waals surface area contributed by atoms with Gasteiger partial charge in [-0.2, -0.15) is 13.2 Å². The van der Waals surface area contributed by atoms with Crippen LogP contribution in [0.15, 0.2) is 18.2 Å². The van der Waals surface area contributed by atoms with Gasteiger partial charge in [-0.25, -0.2) is 4.39 Å². The van der Waals surface area contributed by atoms with E-state index < -0.39 is 17.6 Å². The summed E-state index contributed by atoms with van der Waals surface area (Å²) in [7, 11) is 1.81. The van der Waals surface area contributed by atoms with Crippen LogP contribution in [-0.2, 0) is 17.5 Å². The number of nitrogens with zero attached hydrogens (tertiary/aromatic N) is 1. The molecule has 1 aromatic carbocycles. The van der Waals surface area contributed by atoms with Crippen molar-refractivity contribution in [2.24, 2.45) is 0 Å². The second-order valence-corrected chi connectivity index (χ2v) is 5.13. The Balaban J connectivity index is 2.07. The summed E-state index contributed by atoms with van der Waals surface area (Å²) in [5.41, 5.74) is -0.620. The molecular formula is C14H18F4N2O. The molecule has 0 aliphatic carbocycles. The predicted molar refractivity (Wildman–Crippen MR) is 70.3 cm³/mol. The zero-order chi connectivity index (χ0) is 15.5. The van der Waals surface area contributed by atoms with Gasteiger partial charge in [-0.1, -0.05) is 0 Å². The summed E-state index contributed by atoms with van der Waals surface area (Å²) in [6.45, 7) is 2.71. The van der Waals surface area contributed by atoms with Crippen molar-refractivity contribution in [1.82, 2.24) is 10.2 Å². The van der Waals surface area contributed by atoms with Crippen molar-refractivity contribution in [3.8, 4) is 0 Å². The predicted octanol–water partition coefficient (Wildman–Crippen LogP) is 2.26. The minimum Gasteiger partial charge on any atom is -0.374 e. The Kier molecular flexibility index (Phi) is 5.18. The highest BCUT2D eigenvalue weighted by atomic mass is 19.4. The summed E-state index contributed by atoms with van der Waals surface area (Å²) in [6.07, 6.45) is -4.53. The van der Waals surface area contributed by atoms with Crippen LogP contribution >= 0.6 is 0 Å². The van der Waals surface area contributed by atoms with E-state index in [1.807, 2.05) is 11.9 Å². The number of nitrogens with one attached hydrogen (secondary N) is 1. The van der Waals surface area contributed by atoms with E-state index in [-0.39, 0.29) is 12.6 Å². The molecule has 21 heavy (non-hydrogen) atoms. The highest BCUT2D eigenvalue weighted by molar-refractivity contribution is 5.26. The monoisotopic (exact) mass is 306 g/mol. The van der Waals surface area contributed by atoms with Gasteiger partial charge in [0.15, 0.2) is 0 Å². The molecule has 1 N–H and O–H groups in total. The molecule has 0 radical (unpaired) electrons. The van der Waals surface area contributed by atoms with Crippen molar-refractivity contribution in [3.05, 3.63) is 35.1 Å². The highest BCUT2D eigenvalue weighted by Crippen LogP contribution is 2.30. The number of hydrogen-bond donors (Lipinski definition) is 1. The third kappa shape index (κ3) is 4.66. The lowest BCUT2D eigenvalue weighted by atomic mass is 10.1. The standard InChI is InChI=1S/C14H18F4N2O/c1-19-7-13-9-20(2-3-21-13)8-10-4-11(14(16,17)18)6-12(15)5-10/h4-6,13,19H,2-3,7-9H2,1H3. The van der Waals surface area contributed by atoms with E-state index in [4.69, 9.17) is 4.74 Å². The molecule has 0 amide bonds. The van der Waals surface area contributed by atoms with Gasteiger partial charge >= 0.3 is 6.18 Å². The first-order valence-electron chi connectivity index (χ1n) is 6.73. The van der Waals surface area contributed by atoms with Gasteiger partial charge in [0.25, 0.3) is 0 Å². The third-order valence-corrected chi connectivity index (χ3v) is 3.35. The second-order valence-electron chi connectivity index (χ2n) is 5.13. The van der Waals surface area contributed by atoms with Crippen LogP contribution in [0, 0.1) is 5.82 Å². The Morgan fingerprint density at radius 3 is 2.76 bits per heavy atom. The first kappa shape index (κ1) is 16.2. The Morgan fingerprint density at radius 1 is 1.33 bits per heavy atom. The first-order valence-corrected chi connectivity index (χ1v) is 6.73. The summed E-state index contributed by atoms with van der Waals surface area (Å²) in [4.78, 5) is 1.97. The Morgan fingerprint density at radius 2 is 2.10 bits per heavy atom. The quantitative estimate of drug-likeness (QED) is 0.864. The van der Waals surface area contributed by atoms with Gasteiger partial charge in [0, 0.05) is 26.2 Å². The summed E-state index contributed by atoms with van der Waals surface area (Å²) >= 11 is 0. The number of rotatable bonds is 4. The molecule has 0 aromatic heterocycles. The molecule has 1 saturated heterocycles. The van der Waals surface area contributed by atoms with Crippen LogP contribution in [0.25, 0.3) is 0 Å². The maximum Gasteiger partial charge on any atom is 0.416 e. The van der Waals surface area contributed by atoms with Gasteiger partial charge in [0.2, 0.25) is 0 Å². The molecule has 1 aromatic rings. The van der Waals surface area contributed by atoms with Gasteiger partial charge in [0.05, 0.1) is 18.3 Å². The molecule has 1 heterocycles. The molecule has 3 nitrogen and oxygen atoms in total. The zero-order valence-electron chi connectivity index (χ0n) is 11.7. The molecule has 1 aliphatic heterocycles. The molecule has 1 atom stereocenters. The van der Waals surface area contributed by atoms with Gasteiger partial charge in [0.1, 0.15) is 5.82 Å². The normalized spacial score (nSPS) is 20.7. The summed E-state index contributed by atoms with van der Waals surface area (Å²) in [5, 5.41) is 3.00. The summed E-state index contributed by atoms with van der Waals surface area (Å²) in [5.74, 6) is -0.861. The molecule has 0 bridgehead atoms. The summed E-state index contributed by atoms with van der Waals surface area (Å²) < 4.78 is 56.9. The molecule has 2 rings (SSSR count). The van der Waals surface area contributed by atoms with Crippen LogP contribution in [-0.4, -0.2) is 44.3 Å². The third-order valence-electron chi connectivity index (χ3n) is 3.35. The van der Waals surface area contributed by atoms with E-state index in [1.54, 1.807) is 0 Å². The summed E-state index contributed by atoms with van der Waals surface area (Å²) in [6, 6.07) is 2.68. The molecule has 7 heteroatoms. The van der Waals surface area contributed by atoms with Crippen molar-refractivity contribution in [2.45, 2.75) is 18.8 Å². The lowest BCUT2D eigenvalue weighted by Crippen LogP contribution is -2.45. The van der Waals surface area contributed by atoms with Gasteiger partial charge in [-0.3, -0.25) is 4.90 Å². The van der Waals surface area contributed by atoms with Gasteiger partial charge in [-0.05, 0) is 30.8 Å². The molecule has 0 saturated carbocycles. The van der Waals surface area contributed by atoms with E-state index in [1.165, 1.54) is 0 Å². The molecule has 1 aliphatic rings. The lowest BCUT2D eigenvalue weighted by Gasteiger charge is -2.33. The number of morpholine rings is 1. The lowest BCUT2D eigenvalue weighted by molar-refractivity contribution is -0.137.